The normalized spacial score (nSPS) is 23.6. The van der Waals surface area contributed by atoms with E-state index in [1.807, 2.05) is 6.07 Å². The first-order valence-electron chi connectivity index (χ1n) is 7.65. The van der Waals surface area contributed by atoms with E-state index in [1.165, 1.54) is 37.8 Å². The van der Waals surface area contributed by atoms with Crippen LogP contribution in [-0.2, 0) is 0 Å². The maximum Gasteiger partial charge on any atom is 0.269 e. The number of likely N-dealkylation sites (N-methyl/N-ethyl adjacent to an activating group) is 1. The number of nitrogens with zero attached hydrogens (tertiary/aromatic N) is 2. The van der Waals surface area contributed by atoms with Crippen LogP contribution in [0.2, 0.25) is 0 Å². The molecule has 0 aromatic carbocycles. The largest absolute Gasteiger partial charge is 0.350 e. The Labute approximate surface area is 120 Å². The van der Waals surface area contributed by atoms with Crippen molar-refractivity contribution in [2.45, 2.75) is 31.6 Å². The van der Waals surface area contributed by atoms with Gasteiger partial charge in [0.25, 0.3) is 5.91 Å². The number of aromatic nitrogens is 1. The Morgan fingerprint density at radius 1 is 1.45 bits per heavy atom. The summed E-state index contributed by atoms with van der Waals surface area (Å²) < 4.78 is 0. The topological polar surface area (TPSA) is 45.2 Å². The van der Waals surface area contributed by atoms with Crippen LogP contribution in [0.4, 0.5) is 0 Å². The van der Waals surface area contributed by atoms with Crippen LogP contribution in [0.3, 0.4) is 0 Å². The molecule has 0 bridgehead atoms. The fraction of sp³-hybridized carbons (Fsp3) is 0.625. The molecule has 1 saturated carbocycles. The Kier molecular flexibility index (Phi) is 4.01. The zero-order valence-corrected chi connectivity index (χ0v) is 12.1. The van der Waals surface area contributed by atoms with Crippen LogP contribution in [0.5, 0.6) is 0 Å². The van der Waals surface area contributed by atoms with Crippen molar-refractivity contribution < 1.29 is 4.79 Å². The molecule has 2 heterocycles. The number of carbonyl (C=O) groups excluding carboxylic acids is 1. The number of amides is 1. The molecule has 20 heavy (non-hydrogen) atoms. The van der Waals surface area contributed by atoms with Gasteiger partial charge < -0.3 is 10.2 Å². The molecule has 1 aliphatic carbocycles. The minimum atomic E-state index is -0.0251. The van der Waals surface area contributed by atoms with E-state index in [-0.39, 0.29) is 5.91 Å². The first-order valence-corrected chi connectivity index (χ1v) is 7.65. The molecule has 4 nitrogen and oxygen atoms in total. The number of likely N-dealkylation sites (tertiary alicyclic amines) is 1. The lowest BCUT2D eigenvalue weighted by Gasteiger charge is -2.30. The number of carbonyl (C=O) groups is 1. The second-order valence-corrected chi connectivity index (χ2v) is 6.23. The maximum atomic E-state index is 12.1. The molecular weight excluding hydrogens is 250 g/mol. The van der Waals surface area contributed by atoms with E-state index in [4.69, 9.17) is 0 Å². The number of piperidine rings is 1. The van der Waals surface area contributed by atoms with Crippen molar-refractivity contribution in [2.75, 3.05) is 26.7 Å². The molecule has 1 N–H and O–H groups in total. The van der Waals surface area contributed by atoms with Crippen molar-refractivity contribution >= 4 is 5.91 Å². The summed E-state index contributed by atoms with van der Waals surface area (Å²) in [6.07, 6.45) is 6.71. The van der Waals surface area contributed by atoms with Gasteiger partial charge in [0, 0.05) is 19.3 Å². The van der Waals surface area contributed by atoms with Gasteiger partial charge in [-0.2, -0.15) is 0 Å². The molecule has 4 heteroatoms. The van der Waals surface area contributed by atoms with E-state index in [1.54, 1.807) is 6.20 Å². The minimum absolute atomic E-state index is 0.0251. The van der Waals surface area contributed by atoms with E-state index in [2.05, 4.69) is 28.3 Å². The number of pyridine rings is 1. The summed E-state index contributed by atoms with van der Waals surface area (Å²) in [6.45, 7) is 3.06. The Bertz CT molecular complexity index is 484. The third-order valence-electron chi connectivity index (χ3n) is 4.36. The predicted octanol–water partition coefficient (Wildman–Crippen LogP) is 2.03. The second-order valence-electron chi connectivity index (χ2n) is 6.23. The van der Waals surface area contributed by atoms with Gasteiger partial charge in [-0.1, -0.05) is 0 Å². The maximum absolute atomic E-state index is 12.1. The first kappa shape index (κ1) is 13.6. The molecule has 0 radical (unpaired) electrons. The highest BCUT2D eigenvalue weighted by molar-refractivity contribution is 5.92. The lowest BCUT2D eigenvalue weighted by molar-refractivity contribution is 0.0946. The summed E-state index contributed by atoms with van der Waals surface area (Å²) in [5, 5.41) is 2.99. The molecule has 108 valence electrons. The number of nitrogens with one attached hydrogen (secondary N) is 1. The lowest BCUT2D eigenvalue weighted by Crippen LogP contribution is -2.31. The standard InChI is InChI=1S/C16H23N3O/c1-19-8-2-3-14(11-19)13-6-7-17-15(9-13)16(20)18-10-12-4-5-12/h6-7,9,12,14H,2-5,8,10-11H2,1H3,(H,18,20)/t14-/m1/s1. The van der Waals surface area contributed by atoms with E-state index < -0.39 is 0 Å². The van der Waals surface area contributed by atoms with Gasteiger partial charge in [-0.25, -0.2) is 0 Å². The van der Waals surface area contributed by atoms with Gasteiger partial charge in [0.2, 0.25) is 0 Å². The second kappa shape index (κ2) is 5.92. The summed E-state index contributed by atoms with van der Waals surface area (Å²) >= 11 is 0. The van der Waals surface area contributed by atoms with Crippen LogP contribution < -0.4 is 5.32 Å². The van der Waals surface area contributed by atoms with Gasteiger partial charge in [0.1, 0.15) is 5.69 Å². The van der Waals surface area contributed by atoms with E-state index in [9.17, 15) is 4.79 Å². The monoisotopic (exact) mass is 273 g/mol. The average Bonchev–Trinajstić information content (AvgIpc) is 3.29. The summed E-state index contributed by atoms with van der Waals surface area (Å²) in [4.78, 5) is 18.7. The molecule has 0 unspecified atom stereocenters. The zero-order valence-electron chi connectivity index (χ0n) is 12.1. The number of hydrogen-bond donors (Lipinski definition) is 1. The van der Waals surface area contributed by atoms with Crippen LogP contribution in [0.1, 0.15) is 47.7 Å². The average molecular weight is 273 g/mol. The quantitative estimate of drug-likeness (QED) is 0.913. The molecule has 3 rings (SSSR count). The molecular formula is C16H23N3O. The highest BCUT2D eigenvalue weighted by Gasteiger charge is 2.23. The van der Waals surface area contributed by atoms with Crippen molar-refractivity contribution in [3.8, 4) is 0 Å². The van der Waals surface area contributed by atoms with E-state index in [0.717, 1.165) is 13.1 Å². The summed E-state index contributed by atoms with van der Waals surface area (Å²) in [5.74, 6) is 1.21. The highest BCUT2D eigenvalue weighted by Crippen LogP contribution is 2.28. The van der Waals surface area contributed by atoms with Crippen molar-refractivity contribution in [2.24, 2.45) is 5.92 Å². The number of hydrogen-bond acceptors (Lipinski definition) is 3. The van der Waals surface area contributed by atoms with Crippen molar-refractivity contribution in [1.29, 1.82) is 0 Å². The fourth-order valence-corrected chi connectivity index (χ4v) is 2.91. The van der Waals surface area contributed by atoms with Gasteiger partial charge in [0.15, 0.2) is 0 Å². The van der Waals surface area contributed by atoms with E-state index >= 15 is 0 Å². The van der Waals surface area contributed by atoms with Crippen LogP contribution in [0.25, 0.3) is 0 Å². The third-order valence-corrected chi connectivity index (χ3v) is 4.36. The molecule has 1 aromatic heterocycles. The smallest absolute Gasteiger partial charge is 0.269 e. The van der Waals surface area contributed by atoms with Crippen molar-refractivity contribution in [3.63, 3.8) is 0 Å². The van der Waals surface area contributed by atoms with Gasteiger partial charge in [-0.05, 0) is 68.8 Å². The van der Waals surface area contributed by atoms with Crippen molar-refractivity contribution in [3.05, 3.63) is 29.6 Å². The molecule has 2 aliphatic rings. The SMILES string of the molecule is CN1CCC[C@@H](c2ccnc(C(=O)NCC3CC3)c2)C1. The molecule has 2 fully saturated rings. The Hall–Kier alpha value is -1.42. The molecule has 1 atom stereocenters. The van der Waals surface area contributed by atoms with Crippen LogP contribution in [0, 0.1) is 5.92 Å². The summed E-state index contributed by atoms with van der Waals surface area (Å²) in [5.41, 5.74) is 1.82. The van der Waals surface area contributed by atoms with Gasteiger partial charge >= 0.3 is 0 Å². The van der Waals surface area contributed by atoms with Crippen LogP contribution in [-0.4, -0.2) is 42.5 Å². The lowest BCUT2D eigenvalue weighted by atomic mass is 9.91. The summed E-state index contributed by atoms with van der Waals surface area (Å²) in [7, 11) is 2.16. The number of rotatable bonds is 4. The Morgan fingerprint density at radius 3 is 3.05 bits per heavy atom. The molecule has 1 aromatic rings. The first-order chi connectivity index (χ1) is 9.72. The van der Waals surface area contributed by atoms with Gasteiger partial charge in [-0.3, -0.25) is 9.78 Å². The Balaban J connectivity index is 1.66. The summed E-state index contributed by atoms with van der Waals surface area (Å²) in [6, 6.07) is 4.04. The van der Waals surface area contributed by atoms with Gasteiger partial charge in [-0.15, -0.1) is 0 Å². The predicted molar refractivity (Wildman–Crippen MR) is 78.8 cm³/mol. The van der Waals surface area contributed by atoms with Crippen molar-refractivity contribution in [1.82, 2.24) is 15.2 Å². The molecule has 1 aliphatic heterocycles. The third kappa shape index (κ3) is 3.37. The Morgan fingerprint density at radius 2 is 2.30 bits per heavy atom. The zero-order chi connectivity index (χ0) is 13.9. The molecule has 1 saturated heterocycles. The molecule has 1 amide bonds. The highest BCUT2D eigenvalue weighted by atomic mass is 16.1. The fourth-order valence-electron chi connectivity index (χ4n) is 2.91. The van der Waals surface area contributed by atoms with E-state index in [0.29, 0.717) is 17.5 Å². The van der Waals surface area contributed by atoms with Gasteiger partial charge in [0.05, 0.1) is 0 Å². The van der Waals surface area contributed by atoms with Crippen LogP contribution in [0.15, 0.2) is 18.3 Å². The minimum Gasteiger partial charge on any atom is -0.350 e. The van der Waals surface area contributed by atoms with Crippen LogP contribution >= 0.6 is 0 Å². The molecule has 0 spiro atoms.